The maximum atomic E-state index is 6.25. The molecule has 0 aliphatic carbocycles. The summed E-state index contributed by atoms with van der Waals surface area (Å²) in [6, 6.07) is 19.2. The van der Waals surface area contributed by atoms with E-state index in [0.717, 1.165) is 34.8 Å². The molecule has 6 heteroatoms. The van der Waals surface area contributed by atoms with E-state index in [0.29, 0.717) is 10.8 Å². The zero-order chi connectivity index (χ0) is 20.1. The summed E-state index contributed by atoms with van der Waals surface area (Å²) >= 11 is 6.25. The fourth-order valence-corrected chi connectivity index (χ4v) is 3.29. The summed E-state index contributed by atoms with van der Waals surface area (Å²) in [5, 5.41) is 4.22. The second-order valence-corrected chi connectivity index (χ2v) is 6.98. The Bertz CT molecular complexity index is 1090. The highest BCUT2D eigenvalue weighted by Gasteiger charge is 2.17. The number of anilines is 1. The fraction of sp³-hybridized carbons (Fsp3) is 0.130. The van der Waals surface area contributed by atoms with Crippen LogP contribution in [-0.2, 0) is 6.42 Å². The molecule has 0 spiro atoms. The van der Waals surface area contributed by atoms with Gasteiger partial charge < -0.3 is 5.32 Å². The van der Waals surface area contributed by atoms with Crippen molar-refractivity contribution in [2.45, 2.75) is 19.4 Å². The topological polar surface area (TPSA) is 63.6 Å². The molecule has 3 aromatic heterocycles. The Kier molecular flexibility index (Phi) is 5.77. The number of benzene rings is 1. The van der Waals surface area contributed by atoms with Crippen LogP contribution in [0.1, 0.15) is 29.9 Å². The normalized spacial score (nSPS) is 11.8. The minimum Gasteiger partial charge on any atom is -0.357 e. The lowest BCUT2D eigenvalue weighted by Crippen LogP contribution is -2.15. The summed E-state index contributed by atoms with van der Waals surface area (Å²) in [4.78, 5) is 18.1. The average Bonchev–Trinajstić information content (AvgIpc) is 2.78. The monoisotopic (exact) mass is 401 g/mol. The van der Waals surface area contributed by atoms with E-state index in [1.54, 1.807) is 18.6 Å². The van der Waals surface area contributed by atoms with Gasteiger partial charge in [0.2, 0.25) is 0 Å². The molecule has 4 aromatic rings. The van der Waals surface area contributed by atoms with E-state index in [4.69, 9.17) is 16.6 Å². The number of halogens is 1. The predicted molar refractivity (Wildman–Crippen MR) is 116 cm³/mol. The molecule has 0 bridgehead atoms. The maximum Gasteiger partial charge on any atom is 0.161 e. The molecule has 4 rings (SSSR count). The molecule has 1 unspecified atom stereocenters. The van der Waals surface area contributed by atoms with Gasteiger partial charge in [-0.3, -0.25) is 9.97 Å². The van der Waals surface area contributed by atoms with E-state index in [2.05, 4.69) is 27.2 Å². The van der Waals surface area contributed by atoms with Crippen molar-refractivity contribution in [2.75, 3.05) is 5.32 Å². The number of nitrogens with zero attached hydrogens (tertiary/aromatic N) is 4. The van der Waals surface area contributed by atoms with E-state index >= 15 is 0 Å². The number of pyridine rings is 2. The highest BCUT2D eigenvalue weighted by molar-refractivity contribution is 6.30. The number of rotatable bonds is 6. The maximum absolute atomic E-state index is 6.25. The van der Waals surface area contributed by atoms with Gasteiger partial charge in [-0.2, -0.15) is 0 Å². The number of nitrogens with one attached hydrogen (secondary N) is 1. The predicted octanol–water partition coefficient (Wildman–Crippen LogP) is 5.35. The van der Waals surface area contributed by atoms with Crippen molar-refractivity contribution < 1.29 is 0 Å². The largest absolute Gasteiger partial charge is 0.357 e. The Morgan fingerprint density at radius 2 is 1.79 bits per heavy atom. The third-order valence-electron chi connectivity index (χ3n) is 4.54. The Balaban J connectivity index is 1.76. The van der Waals surface area contributed by atoms with Gasteiger partial charge in [0.25, 0.3) is 0 Å². The molecule has 5 nitrogen and oxygen atoms in total. The Morgan fingerprint density at radius 1 is 0.931 bits per heavy atom. The standard InChI is InChI=1S/C23H20ClN5/c1-2-19-15-21(29-23(27-19)16-9-12-25-13-10-16)28-22(20-8-3-4-11-26-20)17-6-5-7-18(24)14-17/h3-15,22H,2H2,1H3,(H,27,28,29). The van der Waals surface area contributed by atoms with Gasteiger partial charge in [0.15, 0.2) is 5.82 Å². The lowest BCUT2D eigenvalue weighted by Gasteiger charge is -2.20. The van der Waals surface area contributed by atoms with Crippen LogP contribution in [0, 0.1) is 0 Å². The minimum atomic E-state index is -0.195. The first kappa shape index (κ1) is 19.0. The molecule has 0 amide bonds. The average molecular weight is 402 g/mol. The minimum absolute atomic E-state index is 0.195. The number of aromatic nitrogens is 4. The van der Waals surface area contributed by atoms with Gasteiger partial charge in [0.1, 0.15) is 5.82 Å². The fourth-order valence-electron chi connectivity index (χ4n) is 3.09. The molecule has 0 fully saturated rings. The zero-order valence-corrected chi connectivity index (χ0v) is 16.7. The lowest BCUT2D eigenvalue weighted by atomic mass is 10.0. The highest BCUT2D eigenvalue weighted by atomic mass is 35.5. The Hall–Kier alpha value is -3.31. The van der Waals surface area contributed by atoms with Crippen LogP contribution in [0.3, 0.4) is 0 Å². The summed E-state index contributed by atoms with van der Waals surface area (Å²) < 4.78 is 0. The second kappa shape index (κ2) is 8.80. The zero-order valence-electron chi connectivity index (χ0n) is 16.0. The molecule has 144 valence electrons. The van der Waals surface area contributed by atoms with Crippen LogP contribution in [0.4, 0.5) is 5.82 Å². The smallest absolute Gasteiger partial charge is 0.161 e. The van der Waals surface area contributed by atoms with E-state index in [1.165, 1.54) is 0 Å². The first-order valence-electron chi connectivity index (χ1n) is 9.44. The van der Waals surface area contributed by atoms with Gasteiger partial charge in [-0.15, -0.1) is 0 Å². The van der Waals surface area contributed by atoms with E-state index in [9.17, 15) is 0 Å². The van der Waals surface area contributed by atoms with Crippen molar-refractivity contribution in [3.8, 4) is 11.4 Å². The van der Waals surface area contributed by atoms with Crippen molar-refractivity contribution in [1.29, 1.82) is 0 Å². The highest BCUT2D eigenvalue weighted by Crippen LogP contribution is 2.28. The van der Waals surface area contributed by atoms with E-state index < -0.39 is 0 Å². The Labute approximate surface area is 174 Å². The van der Waals surface area contributed by atoms with Gasteiger partial charge in [-0.1, -0.05) is 36.7 Å². The molecule has 0 aliphatic rings. The van der Waals surface area contributed by atoms with Crippen molar-refractivity contribution >= 4 is 17.4 Å². The van der Waals surface area contributed by atoms with Crippen molar-refractivity contribution in [2.24, 2.45) is 0 Å². The van der Waals surface area contributed by atoms with Crippen molar-refractivity contribution in [1.82, 2.24) is 19.9 Å². The van der Waals surface area contributed by atoms with E-state index in [1.807, 2.05) is 60.7 Å². The molecule has 0 saturated heterocycles. The molecule has 1 atom stereocenters. The van der Waals surface area contributed by atoms with Crippen molar-refractivity contribution in [3.05, 3.63) is 101 Å². The van der Waals surface area contributed by atoms with Crippen LogP contribution >= 0.6 is 11.6 Å². The SMILES string of the molecule is CCc1cc(NC(c2cccc(Cl)c2)c2ccccn2)nc(-c2ccncc2)n1. The number of aryl methyl sites for hydroxylation is 1. The third kappa shape index (κ3) is 4.58. The van der Waals surface area contributed by atoms with E-state index in [-0.39, 0.29) is 6.04 Å². The summed E-state index contributed by atoms with van der Waals surface area (Å²) in [7, 11) is 0. The number of hydrogen-bond acceptors (Lipinski definition) is 5. The first-order valence-corrected chi connectivity index (χ1v) is 9.82. The second-order valence-electron chi connectivity index (χ2n) is 6.54. The van der Waals surface area contributed by atoms with Gasteiger partial charge in [-0.05, 0) is 48.4 Å². The summed E-state index contributed by atoms with van der Waals surface area (Å²) in [6.45, 7) is 2.08. The van der Waals surface area contributed by atoms with Crippen LogP contribution in [0.15, 0.2) is 79.3 Å². The molecule has 1 N–H and O–H groups in total. The quantitative estimate of drug-likeness (QED) is 0.471. The van der Waals surface area contributed by atoms with Gasteiger partial charge >= 0.3 is 0 Å². The van der Waals surface area contributed by atoms with Crippen LogP contribution < -0.4 is 5.32 Å². The number of hydrogen-bond donors (Lipinski definition) is 1. The van der Waals surface area contributed by atoms with Crippen LogP contribution in [-0.4, -0.2) is 19.9 Å². The molecular weight excluding hydrogens is 382 g/mol. The molecule has 0 saturated carbocycles. The summed E-state index contributed by atoms with van der Waals surface area (Å²) in [5.74, 6) is 1.40. The molecule has 1 aromatic carbocycles. The first-order chi connectivity index (χ1) is 14.2. The molecule has 29 heavy (non-hydrogen) atoms. The van der Waals surface area contributed by atoms with Gasteiger partial charge in [0, 0.05) is 40.9 Å². The summed E-state index contributed by atoms with van der Waals surface area (Å²) in [6.07, 6.45) is 6.08. The van der Waals surface area contributed by atoms with Crippen LogP contribution in [0.5, 0.6) is 0 Å². The Morgan fingerprint density at radius 3 is 2.52 bits per heavy atom. The summed E-state index contributed by atoms with van der Waals surface area (Å²) in [5.41, 5.74) is 3.78. The third-order valence-corrected chi connectivity index (χ3v) is 4.77. The van der Waals surface area contributed by atoms with Crippen LogP contribution in [0.25, 0.3) is 11.4 Å². The molecule has 0 radical (unpaired) electrons. The molecular formula is C23H20ClN5. The van der Waals surface area contributed by atoms with Gasteiger partial charge in [-0.25, -0.2) is 9.97 Å². The molecule has 0 aliphatic heterocycles. The van der Waals surface area contributed by atoms with Crippen molar-refractivity contribution in [3.63, 3.8) is 0 Å². The van der Waals surface area contributed by atoms with Gasteiger partial charge in [0.05, 0.1) is 11.7 Å². The van der Waals surface area contributed by atoms with Crippen LogP contribution in [0.2, 0.25) is 5.02 Å². The lowest BCUT2D eigenvalue weighted by molar-refractivity contribution is 0.872. The molecule has 3 heterocycles.